The van der Waals surface area contributed by atoms with Crippen molar-refractivity contribution < 1.29 is 14.6 Å². The van der Waals surface area contributed by atoms with Crippen molar-refractivity contribution in [3.05, 3.63) is 28.3 Å². The summed E-state index contributed by atoms with van der Waals surface area (Å²) in [6, 6.07) is 1.28. The minimum absolute atomic E-state index is 0.00481. The number of rotatable bonds is 3. The van der Waals surface area contributed by atoms with Crippen LogP contribution in [0.1, 0.15) is 22.8 Å². The molecule has 0 saturated carbocycles. The predicted octanol–water partition coefficient (Wildman–Crippen LogP) is 2.66. The van der Waals surface area contributed by atoms with Crippen LogP contribution in [-0.4, -0.2) is 18.2 Å². The third-order valence-corrected chi connectivity index (χ3v) is 2.39. The number of carbonyl (C=O) groups is 1. The second-order valence-electron chi connectivity index (χ2n) is 3.07. The second kappa shape index (κ2) is 4.90. The first-order chi connectivity index (χ1) is 7.52. The van der Waals surface area contributed by atoms with Crippen LogP contribution in [0.5, 0.6) is 5.75 Å². The van der Waals surface area contributed by atoms with Crippen molar-refractivity contribution in [1.82, 2.24) is 0 Å². The lowest BCUT2D eigenvalue weighted by Crippen LogP contribution is -2.05. The number of anilines is 1. The first-order valence-corrected chi connectivity index (χ1v) is 4.92. The third kappa shape index (κ3) is 2.12. The summed E-state index contributed by atoms with van der Waals surface area (Å²) in [6.45, 7) is 1.79. The fourth-order valence-electron chi connectivity index (χ4n) is 1.38. The molecule has 0 heterocycles. The molecule has 1 rings (SSSR count). The SMILES string of the molecule is CC=Cc1c(N)c(Cl)cc(C(=O)O)c1OC. The molecule has 0 aliphatic rings. The van der Waals surface area contributed by atoms with Gasteiger partial charge < -0.3 is 15.6 Å². The summed E-state index contributed by atoms with van der Waals surface area (Å²) in [4.78, 5) is 11.0. The zero-order valence-electron chi connectivity index (χ0n) is 8.95. The maximum atomic E-state index is 11.0. The lowest BCUT2D eigenvalue weighted by Gasteiger charge is -2.12. The number of benzene rings is 1. The lowest BCUT2D eigenvalue weighted by atomic mass is 10.1. The van der Waals surface area contributed by atoms with Gasteiger partial charge in [-0.15, -0.1) is 0 Å². The highest BCUT2D eigenvalue weighted by Crippen LogP contribution is 2.35. The Morgan fingerprint density at radius 2 is 2.25 bits per heavy atom. The summed E-state index contributed by atoms with van der Waals surface area (Å²) >= 11 is 5.85. The van der Waals surface area contributed by atoms with Crippen LogP contribution < -0.4 is 10.5 Å². The van der Waals surface area contributed by atoms with Gasteiger partial charge in [0, 0.05) is 5.56 Å². The maximum absolute atomic E-state index is 11.0. The normalized spacial score (nSPS) is 10.7. The Kier molecular flexibility index (Phi) is 3.79. The minimum atomic E-state index is -1.11. The van der Waals surface area contributed by atoms with Crippen LogP contribution in [0.4, 0.5) is 5.69 Å². The highest BCUT2D eigenvalue weighted by molar-refractivity contribution is 6.34. The van der Waals surface area contributed by atoms with Crippen LogP contribution in [0, 0.1) is 0 Å². The first-order valence-electron chi connectivity index (χ1n) is 4.54. The third-order valence-electron chi connectivity index (χ3n) is 2.08. The fraction of sp³-hybridized carbons (Fsp3) is 0.182. The van der Waals surface area contributed by atoms with Gasteiger partial charge in [0.1, 0.15) is 11.3 Å². The van der Waals surface area contributed by atoms with E-state index in [0.29, 0.717) is 11.3 Å². The molecule has 4 nitrogen and oxygen atoms in total. The number of carboxylic acid groups (broad SMARTS) is 1. The Balaban J connectivity index is 3.61. The smallest absolute Gasteiger partial charge is 0.339 e. The summed E-state index contributed by atoms with van der Waals surface area (Å²) in [5.41, 5.74) is 6.54. The topological polar surface area (TPSA) is 72.6 Å². The average molecular weight is 242 g/mol. The summed E-state index contributed by atoms with van der Waals surface area (Å²) in [5, 5.41) is 9.20. The molecular formula is C11H12ClNO3. The van der Waals surface area contributed by atoms with Crippen molar-refractivity contribution in [2.75, 3.05) is 12.8 Å². The Labute approximate surface area is 98.3 Å². The molecular weight excluding hydrogens is 230 g/mol. The number of hydrogen-bond acceptors (Lipinski definition) is 3. The van der Waals surface area contributed by atoms with E-state index in [2.05, 4.69) is 0 Å². The molecule has 0 saturated heterocycles. The van der Waals surface area contributed by atoms with Gasteiger partial charge in [0.25, 0.3) is 0 Å². The maximum Gasteiger partial charge on any atom is 0.339 e. The van der Waals surface area contributed by atoms with Crippen molar-refractivity contribution >= 4 is 29.3 Å². The molecule has 0 fully saturated rings. The minimum Gasteiger partial charge on any atom is -0.495 e. The molecule has 0 unspecified atom stereocenters. The van der Waals surface area contributed by atoms with Gasteiger partial charge in [-0.3, -0.25) is 0 Å². The molecule has 0 radical (unpaired) electrons. The Morgan fingerprint density at radius 3 is 2.69 bits per heavy atom. The molecule has 0 aromatic heterocycles. The Hall–Kier alpha value is -1.68. The van der Waals surface area contributed by atoms with Crippen LogP contribution in [-0.2, 0) is 0 Å². The summed E-state index contributed by atoms with van der Waals surface area (Å²) in [5.74, 6) is -0.892. The van der Waals surface area contributed by atoms with Gasteiger partial charge in [-0.2, -0.15) is 0 Å². The molecule has 5 heteroatoms. The summed E-state index contributed by atoms with van der Waals surface area (Å²) in [7, 11) is 1.39. The number of nitrogen functional groups attached to an aromatic ring is 1. The number of ether oxygens (including phenoxy) is 1. The van der Waals surface area contributed by atoms with Gasteiger partial charge in [-0.1, -0.05) is 23.8 Å². The highest BCUT2D eigenvalue weighted by atomic mass is 35.5. The van der Waals surface area contributed by atoms with Crippen molar-refractivity contribution in [1.29, 1.82) is 0 Å². The molecule has 0 atom stereocenters. The molecule has 0 aliphatic heterocycles. The van der Waals surface area contributed by atoms with Crippen LogP contribution in [0.15, 0.2) is 12.1 Å². The van der Waals surface area contributed by atoms with Crippen molar-refractivity contribution in [2.45, 2.75) is 6.92 Å². The van der Waals surface area contributed by atoms with Crippen LogP contribution >= 0.6 is 11.6 Å². The van der Waals surface area contributed by atoms with Gasteiger partial charge >= 0.3 is 5.97 Å². The summed E-state index contributed by atoms with van der Waals surface area (Å²) < 4.78 is 5.06. The van der Waals surface area contributed by atoms with E-state index in [1.165, 1.54) is 13.2 Å². The van der Waals surface area contributed by atoms with E-state index in [-0.39, 0.29) is 16.3 Å². The molecule has 1 aromatic carbocycles. The number of nitrogens with two attached hydrogens (primary N) is 1. The average Bonchev–Trinajstić information content (AvgIpc) is 2.24. The van der Waals surface area contributed by atoms with Gasteiger partial charge in [-0.05, 0) is 13.0 Å². The van der Waals surface area contributed by atoms with Gasteiger partial charge in [0.05, 0.1) is 17.8 Å². The number of hydrogen-bond donors (Lipinski definition) is 2. The zero-order valence-corrected chi connectivity index (χ0v) is 9.71. The first kappa shape index (κ1) is 12.4. The molecule has 0 amide bonds. The van der Waals surface area contributed by atoms with Crippen LogP contribution in [0.25, 0.3) is 6.08 Å². The van der Waals surface area contributed by atoms with E-state index >= 15 is 0 Å². The quantitative estimate of drug-likeness (QED) is 0.798. The largest absolute Gasteiger partial charge is 0.495 e. The van der Waals surface area contributed by atoms with Crippen LogP contribution in [0.2, 0.25) is 5.02 Å². The number of halogens is 1. The molecule has 0 spiro atoms. The fourth-order valence-corrected chi connectivity index (χ4v) is 1.59. The van der Waals surface area contributed by atoms with E-state index in [0.717, 1.165) is 0 Å². The van der Waals surface area contributed by atoms with Gasteiger partial charge in [-0.25, -0.2) is 4.79 Å². The molecule has 0 aliphatic carbocycles. The number of carboxylic acids is 1. The van der Waals surface area contributed by atoms with E-state index in [9.17, 15) is 4.79 Å². The van der Waals surface area contributed by atoms with E-state index in [4.69, 9.17) is 27.2 Å². The Bertz CT molecular complexity index is 455. The zero-order chi connectivity index (χ0) is 12.3. The van der Waals surface area contributed by atoms with Gasteiger partial charge in [0.2, 0.25) is 0 Å². The van der Waals surface area contributed by atoms with Crippen molar-refractivity contribution in [2.24, 2.45) is 0 Å². The molecule has 0 bridgehead atoms. The van der Waals surface area contributed by atoms with E-state index in [1.54, 1.807) is 19.1 Å². The number of allylic oxidation sites excluding steroid dienone is 1. The second-order valence-corrected chi connectivity index (χ2v) is 3.48. The summed E-state index contributed by atoms with van der Waals surface area (Å²) in [6.07, 6.45) is 3.39. The molecule has 86 valence electrons. The molecule has 16 heavy (non-hydrogen) atoms. The van der Waals surface area contributed by atoms with E-state index < -0.39 is 5.97 Å². The van der Waals surface area contributed by atoms with Crippen molar-refractivity contribution in [3.63, 3.8) is 0 Å². The monoisotopic (exact) mass is 241 g/mol. The lowest BCUT2D eigenvalue weighted by molar-refractivity contribution is 0.0693. The standard InChI is InChI=1S/C11H12ClNO3/c1-3-4-6-9(13)8(12)5-7(11(14)15)10(6)16-2/h3-5H,13H2,1-2H3,(H,14,15). The van der Waals surface area contributed by atoms with E-state index in [1.807, 2.05) is 0 Å². The number of methoxy groups -OCH3 is 1. The van der Waals surface area contributed by atoms with Crippen LogP contribution in [0.3, 0.4) is 0 Å². The molecule has 1 aromatic rings. The predicted molar refractivity (Wildman–Crippen MR) is 64.1 cm³/mol. The molecule has 3 N–H and O–H groups in total. The van der Waals surface area contributed by atoms with Crippen molar-refractivity contribution in [3.8, 4) is 5.75 Å². The number of aromatic carboxylic acids is 1. The Morgan fingerprint density at radius 1 is 1.62 bits per heavy atom. The van der Waals surface area contributed by atoms with Gasteiger partial charge in [0.15, 0.2) is 0 Å². The highest BCUT2D eigenvalue weighted by Gasteiger charge is 2.18.